The van der Waals surface area contributed by atoms with Crippen molar-refractivity contribution in [3.05, 3.63) is 0 Å². The van der Waals surface area contributed by atoms with Crippen LogP contribution in [0.5, 0.6) is 0 Å². The first-order chi connectivity index (χ1) is 13.3. The van der Waals surface area contributed by atoms with Gasteiger partial charge in [-0.2, -0.15) is 0 Å². The van der Waals surface area contributed by atoms with Gasteiger partial charge in [-0.1, -0.05) is 13.8 Å². The molecule has 156 valence electrons. The minimum absolute atomic E-state index is 0.0208. The summed E-state index contributed by atoms with van der Waals surface area (Å²) in [5.74, 6) is 1.38. The molecule has 5 nitrogen and oxygen atoms in total. The standard InChI is InChI=1S/C23H34O5/c1-14(24)28-16-6-8-21(2)15(12-16)13-23(26-10-11-27-23)20-17-4-5-19(25)22(17,3)9-7-18(20)21/h15-18,20H,4-13H2,1-3H3/t15-,16+,17-,18-,20-,21+,22+/m1/s1. The maximum absolute atomic E-state index is 12.8. The maximum atomic E-state index is 12.8. The highest BCUT2D eigenvalue weighted by Crippen LogP contribution is 2.69. The van der Waals surface area contributed by atoms with E-state index in [0.29, 0.717) is 42.7 Å². The Labute approximate surface area is 167 Å². The van der Waals surface area contributed by atoms with Gasteiger partial charge in [-0.05, 0) is 61.7 Å². The highest BCUT2D eigenvalue weighted by atomic mass is 16.7. The zero-order valence-corrected chi connectivity index (χ0v) is 17.5. The van der Waals surface area contributed by atoms with Crippen LogP contribution in [0.3, 0.4) is 0 Å². The summed E-state index contributed by atoms with van der Waals surface area (Å²) in [5, 5.41) is 0. The number of hydrogen-bond acceptors (Lipinski definition) is 5. The lowest BCUT2D eigenvalue weighted by Gasteiger charge is -2.64. The fourth-order valence-corrected chi connectivity index (χ4v) is 8.05. The Morgan fingerprint density at radius 1 is 1.07 bits per heavy atom. The summed E-state index contributed by atoms with van der Waals surface area (Å²) in [6.07, 6.45) is 7.64. The van der Waals surface area contributed by atoms with E-state index < -0.39 is 5.79 Å². The summed E-state index contributed by atoms with van der Waals surface area (Å²) >= 11 is 0. The third-order valence-corrected chi connectivity index (χ3v) is 9.46. The quantitative estimate of drug-likeness (QED) is 0.636. The van der Waals surface area contributed by atoms with Crippen molar-refractivity contribution in [3.63, 3.8) is 0 Å². The Balaban J connectivity index is 1.51. The van der Waals surface area contributed by atoms with Crippen LogP contribution in [0.1, 0.15) is 72.1 Å². The number of Topliss-reactive ketones (excluding diaryl/α,β-unsaturated/α-hetero) is 1. The molecule has 0 aromatic rings. The third kappa shape index (κ3) is 2.51. The first-order valence-corrected chi connectivity index (χ1v) is 11.3. The normalized spacial score (nSPS) is 49.4. The van der Waals surface area contributed by atoms with Crippen molar-refractivity contribution in [2.45, 2.75) is 84.0 Å². The van der Waals surface area contributed by atoms with E-state index in [-0.39, 0.29) is 22.9 Å². The predicted molar refractivity (Wildman–Crippen MR) is 102 cm³/mol. The van der Waals surface area contributed by atoms with E-state index in [1.165, 1.54) is 6.92 Å². The zero-order valence-electron chi connectivity index (χ0n) is 17.5. The van der Waals surface area contributed by atoms with Crippen molar-refractivity contribution in [2.24, 2.45) is 34.5 Å². The Bertz CT molecular complexity index is 682. The molecule has 4 aliphatic carbocycles. The third-order valence-electron chi connectivity index (χ3n) is 9.46. The Hall–Kier alpha value is -0.940. The second kappa shape index (κ2) is 6.28. The van der Waals surface area contributed by atoms with Gasteiger partial charge in [-0.15, -0.1) is 0 Å². The average Bonchev–Trinajstić information content (AvgIpc) is 3.22. The van der Waals surface area contributed by atoms with Crippen LogP contribution >= 0.6 is 0 Å². The second-order valence-electron chi connectivity index (χ2n) is 10.6. The molecular formula is C23H34O5. The Kier molecular flexibility index (Phi) is 4.27. The first kappa shape index (κ1) is 19.0. The number of ketones is 1. The molecule has 0 N–H and O–H groups in total. The highest BCUT2D eigenvalue weighted by molar-refractivity contribution is 5.87. The first-order valence-electron chi connectivity index (χ1n) is 11.3. The van der Waals surface area contributed by atoms with Crippen molar-refractivity contribution in [1.82, 2.24) is 0 Å². The Morgan fingerprint density at radius 3 is 2.54 bits per heavy atom. The monoisotopic (exact) mass is 390 g/mol. The Morgan fingerprint density at radius 2 is 1.82 bits per heavy atom. The zero-order chi connectivity index (χ0) is 19.7. The fraction of sp³-hybridized carbons (Fsp3) is 0.913. The molecule has 1 heterocycles. The average molecular weight is 391 g/mol. The molecule has 5 rings (SSSR count). The van der Waals surface area contributed by atoms with Gasteiger partial charge >= 0.3 is 5.97 Å². The number of rotatable bonds is 1. The molecule has 0 aromatic heterocycles. The molecule has 5 fully saturated rings. The lowest BCUT2D eigenvalue weighted by atomic mass is 9.43. The van der Waals surface area contributed by atoms with E-state index in [0.717, 1.165) is 51.4 Å². The predicted octanol–water partition coefficient (Wildman–Crippen LogP) is 3.88. The fourth-order valence-electron chi connectivity index (χ4n) is 8.05. The molecule has 4 saturated carbocycles. The summed E-state index contributed by atoms with van der Waals surface area (Å²) in [6, 6.07) is 0. The summed E-state index contributed by atoms with van der Waals surface area (Å²) in [5.41, 5.74) is 0.0243. The smallest absolute Gasteiger partial charge is 0.302 e. The minimum atomic E-state index is -0.538. The van der Waals surface area contributed by atoms with Crippen LogP contribution < -0.4 is 0 Å². The second-order valence-corrected chi connectivity index (χ2v) is 10.6. The molecule has 0 amide bonds. The van der Waals surface area contributed by atoms with Gasteiger partial charge in [0, 0.05) is 31.1 Å². The molecule has 1 aliphatic heterocycles. The van der Waals surface area contributed by atoms with Crippen LogP contribution in [0, 0.1) is 34.5 Å². The molecule has 7 atom stereocenters. The number of carbonyl (C=O) groups excluding carboxylic acids is 2. The van der Waals surface area contributed by atoms with Gasteiger partial charge in [-0.3, -0.25) is 9.59 Å². The van der Waals surface area contributed by atoms with E-state index in [1.807, 2.05) is 0 Å². The molecule has 1 saturated heterocycles. The summed E-state index contributed by atoms with van der Waals surface area (Å²) < 4.78 is 18.4. The molecule has 0 bridgehead atoms. The van der Waals surface area contributed by atoms with E-state index in [4.69, 9.17) is 14.2 Å². The summed E-state index contributed by atoms with van der Waals surface area (Å²) in [4.78, 5) is 24.3. The number of ether oxygens (including phenoxy) is 3. The molecule has 28 heavy (non-hydrogen) atoms. The van der Waals surface area contributed by atoms with Crippen LogP contribution in [-0.2, 0) is 23.8 Å². The van der Waals surface area contributed by atoms with Gasteiger partial charge in [0.05, 0.1) is 13.2 Å². The van der Waals surface area contributed by atoms with Crippen LogP contribution in [0.2, 0.25) is 0 Å². The molecule has 0 aromatic carbocycles. The van der Waals surface area contributed by atoms with Crippen molar-refractivity contribution >= 4 is 11.8 Å². The molecule has 1 spiro atoms. The van der Waals surface area contributed by atoms with Gasteiger partial charge < -0.3 is 14.2 Å². The van der Waals surface area contributed by atoms with E-state index >= 15 is 0 Å². The number of carbonyl (C=O) groups is 2. The van der Waals surface area contributed by atoms with Crippen molar-refractivity contribution in [3.8, 4) is 0 Å². The van der Waals surface area contributed by atoms with Crippen molar-refractivity contribution in [2.75, 3.05) is 13.2 Å². The summed E-state index contributed by atoms with van der Waals surface area (Å²) in [7, 11) is 0. The number of hydrogen-bond donors (Lipinski definition) is 0. The highest BCUT2D eigenvalue weighted by Gasteiger charge is 2.68. The van der Waals surface area contributed by atoms with Crippen LogP contribution in [0.25, 0.3) is 0 Å². The molecule has 0 unspecified atom stereocenters. The van der Waals surface area contributed by atoms with Gasteiger partial charge in [0.15, 0.2) is 5.79 Å². The van der Waals surface area contributed by atoms with Gasteiger partial charge in [0.25, 0.3) is 0 Å². The van der Waals surface area contributed by atoms with Crippen LogP contribution in [-0.4, -0.2) is 36.9 Å². The van der Waals surface area contributed by atoms with Crippen molar-refractivity contribution in [1.29, 1.82) is 0 Å². The SMILES string of the molecule is CC(=O)O[C@H]1CC[C@@]2(C)[C@H](C1)CC1(OCCO1)[C@H]1[C@H]2CC[C@]2(C)C(=O)CC[C@H]12. The van der Waals surface area contributed by atoms with Gasteiger partial charge in [-0.25, -0.2) is 0 Å². The van der Waals surface area contributed by atoms with Crippen LogP contribution in [0.15, 0.2) is 0 Å². The summed E-state index contributed by atoms with van der Waals surface area (Å²) in [6.45, 7) is 7.47. The molecular weight excluding hydrogens is 356 g/mol. The van der Waals surface area contributed by atoms with Gasteiger partial charge in [0.2, 0.25) is 0 Å². The number of fused-ring (bicyclic) bond motifs is 6. The lowest BCUT2D eigenvalue weighted by molar-refractivity contribution is -0.297. The van der Waals surface area contributed by atoms with E-state index in [2.05, 4.69) is 13.8 Å². The topological polar surface area (TPSA) is 61.8 Å². The van der Waals surface area contributed by atoms with Crippen LogP contribution in [0.4, 0.5) is 0 Å². The molecule has 5 aliphatic rings. The van der Waals surface area contributed by atoms with E-state index in [9.17, 15) is 9.59 Å². The minimum Gasteiger partial charge on any atom is -0.463 e. The largest absolute Gasteiger partial charge is 0.463 e. The van der Waals surface area contributed by atoms with Gasteiger partial charge in [0.1, 0.15) is 11.9 Å². The molecule has 5 heteroatoms. The lowest BCUT2D eigenvalue weighted by Crippen LogP contribution is -2.64. The molecule has 0 radical (unpaired) electrons. The number of esters is 1. The van der Waals surface area contributed by atoms with E-state index in [1.54, 1.807) is 0 Å². The van der Waals surface area contributed by atoms with Crippen molar-refractivity contribution < 1.29 is 23.8 Å². The maximum Gasteiger partial charge on any atom is 0.302 e.